The van der Waals surface area contributed by atoms with E-state index >= 15 is 0 Å². The smallest absolute Gasteiger partial charge is 0.300 e. The standard InChI is InChI=1S/C6H2BrN5O3/c1-8-12-4(13)2-3(10-5(14)9-2)11(7)6(12)15/h(H2,9,10,14). The minimum atomic E-state index is -0.877. The summed E-state index contributed by atoms with van der Waals surface area (Å²) in [5.41, 5.74) is -2.50. The Bertz CT molecular complexity index is 754. The third-order valence-corrected chi connectivity index (χ3v) is 2.42. The van der Waals surface area contributed by atoms with Crippen molar-refractivity contribution in [2.75, 3.05) is 0 Å². The predicted octanol–water partition coefficient (Wildman–Crippen LogP) is -0.980. The van der Waals surface area contributed by atoms with Crippen molar-refractivity contribution < 1.29 is 0 Å². The quantitative estimate of drug-likeness (QED) is 0.603. The van der Waals surface area contributed by atoms with E-state index in [-0.39, 0.29) is 11.2 Å². The van der Waals surface area contributed by atoms with Crippen LogP contribution in [0, 0.1) is 6.57 Å². The normalized spacial score (nSPS) is 10.4. The maximum atomic E-state index is 11.5. The van der Waals surface area contributed by atoms with Crippen molar-refractivity contribution in [2.45, 2.75) is 0 Å². The molecule has 0 bridgehead atoms. The zero-order chi connectivity index (χ0) is 11.2. The Balaban J connectivity index is 3.25. The molecule has 0 saturated heterocycles. The number of rotatable bonds is 0. The molecule has 0 saturated carbocycles. The molecule has 2 N–H and O–H groups in total. The molecule has 0 fully saturated rings. The van der Waals surface area contributed by atoms with Crippen LogP contribution < -0.4 is 16.9 Å². The topological polar surface area (TPSA) is 97.0 Å². The minimum absolute atomic E-state index is 0.00472. The summed E-state index contributed by atoms with van der Waals surface area (Å²) in [5, 5.41) is 0. The molecule has 2 heterocycles. The first-order chi connectivity index (χ1) is 7.06. The molecule has 8 nitrogen and oxygen atoms in total. The van der Waals surface area contributed by atoms with E-state index in [1.54, 1.807) is 0 Å². The first-order valence-corrected chi connectivity index (χ1v) is 4.31. The largest absolute Gasteiger partial charge is 0.411 e. The molecule has 15 heavy (non-hydrogen) atoms. The van der Waals surface area contributed by atoms with Gasteiger partial charge in [-0.05, 0) is 0 Å². The highest BCUT2D eigenvalue weighted by molar-refractivity contribution is 9.08. The van der Waals surface area contributed by atoms with Crippen LogP contribution in [0.4, 0.5) is 0 Å². The number of aromatic amines is 2. The van der Waals surface area contributed by atoms with Gasteiger partial charge in [-0.25, -0.2) is 13.2 Å². The monoisotopic (exact) mass is 271 g/mol. The Hall–Kier alpha value is -2.08. The van der Waals surface area contributed by atoms with Crippen molar-refractivity contribution in [3.63, 3.8) is 0 Å². The first kappa shape index (κ1) is 9.47. The zero-order valence-electron chi connectivity index (χ0n) is 6.94. The van der Waals surface area contributed by atoms with Crippen LogP contribution in [0.2, 0.25) is 0 Å². The van der Waals surface area contributed by atoms with Crippen molar-refractivity contribution in [3.8, 4) is 0 Å². The highest BCUT2D eigenvalue weighted by atomic mass is 79.9. The molecule has 2 aromatic heterocycles. The second-order valence-electron chi connectivity index (χ2n) is 2.58. The summed E-state index contributed by atoms with van der Waals surface area (Å²) < 4.78 is 1.14. The van der Waals surface area contributed by atoms with Crippen LogP contribution in [-0.2, 0) is 0 Å². The molecule has 9 heteroatoms. The summed E-state index contributed by atoms with van der Waals surface area (Å²) in [4.78, 5) is 41.0. The molecule has 2 rings (SSSR count). The van der Waals surface area contributed by atoms with Crippen molar-refractivity contribution in [2.24, 2.45) is 0 Å². The van der Waals surface area contributed by atoms with Crippen LogP contribution >= 0.6 is 16.1 Å². The van der Waals surface area contributed by atoms with E-state index in [0.29, 0.717) is 4.68 Å². The van der Waals surface area contributed by atoms with Gasteiger partial charge in [0.05, 0.1) is 20.8 Å². The van der Waals surface area contributed by atoms with E-state index in [9.17, 15) is 14.4 Å². The Morgan fingerprint density at radius 1 is 1.27 bits per heavy atom. The summed E-state index contributed by atoms with van der Waals surface area (Å²) >= 11 is 2.83. The number of imidazole rings is 1. The van der Waals surface area contributed by atoms with Crippen molar-refractivity contribution in [1.29, 1.82) is 0 Å². The lowest BCUT2D eigenvalue weighted by Crippen LogP contribution is -2.33. The summed E-state index contributed by atoms with van der Waals surface area (Å²) in [7, 11) is 0. The second-order valence-corrected chi connectivity index (χ2v) is 3.29. The first-order valence-electron chi connectivity index (χ1n) is 3.60. The van der Waals surface area contributed by atoms with Gasteiger partial charge in [-0.15, -0.1) is 4.95 Å². The number of nitrogens with one attached hydrogen (secondary N) is 2. The van der Waals surface area contributed by atoms with Crippen LogP contribution in [0.5, 0.6) is 0 Å². The molecule has 2 aromatic rings. The van der Waals surface area contributed by atoms with Gasteiger partial charge in [-0.3, -0.25) is 14.8 Å². The van der Waals surface area contributed by atoms with Gasteiger partial charge >= 0.3 is 16.9 Å². The van der Waals surface area contributed by atoms with Gasteiger partial charge in [0.25, 0.3) is 0 Å². The summed E-state index contributed by atoms with van der Waals surface area (Å²) in [6.45, 7) is 6.66. The van der Waals surface area contributed by atoms with Crippen LogP contribution in [-0.4, -0.2) is 18.2 Å². The number of nitrogens with zero attached hydrogens (tertiary/aromatic N) is 3. The zero-order valence-corrected chi connectivity index (χ0v) is 8.53. The van der Waals surface area contributed by atoms with Gasteiger partial charge in [0.2, 0.25) is 0 Å². The van der Waals surface area contributed by atoms with Crippen LogP contribution in [0.25, 0.3) is 16.1 Å². The van der Waals surface area contributed by atoms with Gasteiger partial charge in [-0.2, -0.15) is 6.57 Å². The van der Waals surface area contributed by atoms with E-state index in [2.05, 4.69) is 31.1 Å². The molecule has 0 spiro atoms. The molecule has 0 aromatic carbocycles. The number of hydrogen-bond donors (Lipinski definition) is 2. The summed E-state index contributed by atoms with van der Waals surface area (Å²) in [5.74, 6) is 0. The summed E-state index contributed by atoms with van der Waals surface area (Å²) in [6, 6.07) is 0. The van der Waals surface area contributed by atoms with Crippen LogP contribution in [0.1, 0.15) is 0 Å². The van der Waals surface area contributed by atoms with Crippen LogP contribution in [0.3, 0.4) is 0 Å². The number of hydrogen-bond acceptors (Lipinski definition) is 3. The Morgan fingerprint density at radius 3 is 2.53 bits per heavy atom. The van der Waals surface area contributed by atoms with Gasteiger partial charge in [0.15, 0.2) is 11.2 Å². The van der Waals surface area contributed by atoms with E-state index in [0.717, 1.165) is 3.59 Å². The third kappa shape index (κ3) is 1.15. The molecular weight excluding hydrogens is 270 g/mol. The Kier molecular flexibility index (Phi) is 1.87. The lowest BCUT2D eigenvalue weighted by Gasteiger charge is -1.94. The van der Waals surface area contributed by atoms with Crippen molar-refractivity contribution >= 4 is 27.3 Å². The Morgan fingerprint density at radius 2 is 1.93 bits per heavy atom. The molecule has 0 radical (unpaired) electrons. The van der Waals surface area contributed by atoms with E-state index in [1.165, 1.54) is 0 Å². The molecule has 0 amide bonds. The third-order valence-electron chi connectivity index (χ3n) is 1.76. The van der Waals surface area contributed by atoms with E-state index in [1.807, 2.05) is 0 Å². The molecule has 0 unspecified atom stereocenters. The number of H-pyrrole nitrogens is 2. The SMILES string of the molecule is [C-]#[N+]n1c(=O)c2[nH]c(=O)[nH]c2n(Br)c1=O. The minimum Gasteiger partial charge on any atom is -0.300 e. The van der Waals surface area contributed by atoms with E-state index in [4.69, 9.17) is 6.57 Å². The highest BCUT2D eigenvalue weighted by Crippen LogP contribution is 2.00. The predicted molar refractivity (Wildman–Crippen MR) is 53.8 cm³/mol. The fraction of sp³-hybridized carbons (Fsp3) is 0. The van der Waals surface area contributed by atoms with Crippen molar-refractivity contribution in [1.82, 2.24) is 18.2 Å². The molecule has 76 valence electrons. The average molecular weight is 272 g/mol. The van der Waals surface area contributed by atoms with Gasteiger partial charge in [0.1, 0.15) is 0 Å². The number of fused-ring (bicyclic) bond motifs is 1. The Labute approximate surface area is 88.9 Å². The van der Waals surface area contributed by atoms with E-state index < -0.39 is 16.9 Å². The molecule has 0 atom stereocenters. The average Bonchev–Trinajstić information content (AvgIpc) is 2.58. The fourth-order valence-corrected chi connectivity index (χ4v) is 1.55. The second kappa shape index (κ2) is 2.96. The van der Waals surface area contributed by atoms with Crippen LogP contribution in [0.15, 0.2) is 14.4 Å². The van der Waals surface area contributed by atoms with Gasteiger partial charge < -0.3 is 0 Å². The maximum absolute atomic E-state index is 11.5. The number of aromatic nitrogens is 4. The summed E-state index contributed by atoms with van der Waals surface area (Å²) in [6.07, 6.45) is 0. The fourth-order valence-electron chi connectivity index (χ4n) is 1.14. The maximum Gasteiger partial charge on any atom is 0.411 e. The lowest BCUT2D eigenvalue weighted by atomic mass is 10.5. The number of halogens is 1. The van der Waals surface area contributed by atoms with Gasteiger partial charge in [0, 0.05) is 0 Å². The van der Waals surface area contributed by atoms with Crippen molar-refractivity contribution in [3.05, 3.63) is 42.8 Å². The molecular formula is C6H2BrN5O3. The lowest BCUT2D eigenvalue weighted by molar-refractivity contribution is 0.876. The highest BCUT2D eigenvalue weighted by Gasteiger charge is 2.17. The molecule has 0 aliphatic heterocycles. The molecule has 0 aliphatic carbocycles. The molecule has 0 aliphatic rings. The van der Waals surface area contributed by atoms with Gasteiger partial charge in [-0.1, -0.05) is 0 Å².